The molecule has 0 saturated carbocycles. The first-order chi connectivity index (χ1) is 8.41. The Morgan fingerprint density at radius 2 is 2.00 bits per heavy atom. The Kier molecular flexibility index (Phi) is 3.64. The number of β-amino-alcohol motifs (C(OH)–C–C–N with tert-alkyl or cyclic N) is 1. The van der Waals surface area contributed by atoms with E-state index in [0.29, 0.717) is 24.5 Å². The minimum absolute atomic E-state index is 0.0568. The molecular weight excluding hydrogens is 250 g/mol. The van der Waals surface area contributed by atoms with Gasteiger partial charge in [-0.1, -0.05) is 23.7 Å². The number of carbonyl (C=O) groups is 1. The van der Waals surface area contributed by atoms with Crippen LogP contribution in [0, 0.1) is 0 Å². The molecule has 0 spiro atoms. The lowest BCUT2D eigenvalue weighted by Crippen LogP contribution is -2.42. The summed E-state index contributed by atoms with van der Waals surface area (Å²) in [7, 11) is 0. The fourth-order valence-corrected chi connectivity index (χ4v) is 2.44. The highest BCUT2D eigenvalue weighted by molar-refractivity contribution is 6.30. The number of likely N-dealkylation sites (tertiary alicyclic amines) is 1. The molecule has 1 aliphatic rings. The standard InChI is InChI=1S/C14H18ClNO2/c1-14(2,10-3-5-11(15)6-4-10)13(18)16-8-7-12(17)9-16/h3-6,12,17H,7-9H2,1-2H3. The molecule has 1 saturated heterocycles. The van der Waals surface area contributed by atoms with Gasteiger partial charge in [-0.05, 0) is 38.0 Å². The third-order valence-electron chi connectivity index (χ3n) is 3.55. The monoisotopic (exact) mass is 267 g/mol. The quantitative estimate of drug-likeness (QED) is 0.893. The predicted molar refractivity (Wildman–Crippen MR) is 71.7 cm³/mol. The van der Waals surface area contributed by atoms with E-state index < -0.39 is 5.41 Å². The molecule has 1 atom stereocenters. The molecule has 1 aromatic carbocycles. The zero-order valence-electron chi connectivity index (χ0n) is 10.7. The Labute approximate surface area is 112 Å². The van der Waals surface area contributed by atoms with Gasteiger partial charge in [-0.15, -0.1) is 0 Å². The summed E-state index contributed by atoms with van der Waals surface area (Å²) >= 11 is 5.86. The van der Waals surface area contributed by atoms with Gasteiger partial charge in [0, 0.05) is 18.1 Å². The second-order valence-electron chi connectivity index (χ2n) is 5.33. The highest BCUT2D eigenvalue weighted by atomic mass is 35.5. The van der Waals surface area contributed by atoms with Crippen LogP contribution in [-0.4, -0.2) is 35.1 Å². The summed E-state index contributed by atoms with van der Waals surface area (Å²) in [5, 5.41) is 10.2. The smallest absolute Gasteiger partial charge is 0.232 e. The Balaban J connectivity index is 2.19. The molecule has 18 heavy (non-hydrogen) atoms. The molecule has 1 N–H and O–H groups in total. The molecule has 0 bridgehead atoms. The summed E-state index contributed by atoms with van der Waals surface area (Å²) < 4.78 is 0. The largest absolute Gasteiger partial charge is 0.391 e. The van der Waals surface area contributed by atoms with E-state index in [1.54, 1.807) is 17.0 Å². The SMILES string of the molecule is CC(C)(C(=O)N1CCC(O)C1)c1ccc(Cl)cc1. The van der Waals surface area contributed by atoms with Crippen LogP contribution in [0.15, 0.2) is 24.3 Å². The Hall–Kier alpha value is -1.06. The number of nitrogens with zero attached hydrogens (tertiary/aromatic N) is 1. The van der Waals surface area contributed by atoms with Gasteiger partial charge in [-0.2, -0.15) is 0 Å². The number of aliphatic hydroxyl groups excluding tert-OH is 1. The van der Waals surface area contributed by atoms with Crippen molar-refractivity contribution in [3.63, 3.8) is 0 Å². The minimum Gasteiger partial charge on any atom is -0.391 e. The van der Waals surface area contributed by atoms with Crippen molar-refractivity contribution in [3.8, 4) is 0 Å². The van der Waals surface area contributed by atoms with E-state index in [1.807, 2.05) is 26.0 Å². The number of aliphatic hydroxyl groups is 1. The molecule has 1 heterocycles. The number of hydrogen-bond donors (Lipinski definition) is 1. The van der Waals surface area contributed by atoms with E-state index in [-0.39, 0.29) is 12.0 Å². The first-order valence-corrected chi connectivity index (χ1v) is 6.52. The van der Waals surface area contributed by atoms with Crippen LogP contribution >= 0.6 is 11.6 Å². The zero-order chi connectivity index (χ0) is 13.3. The normalized spacial score (nSPS) is 20.2. The van der Waals surface area contributed by atoms with E-state index in [9.17, 15) is 9.90 Å². The summed E-state index contributed by atoms with van der Waals surface area (Å²) in [4.78, 5) is 14.2. The van der Waals surface area contributed by atoms with Crippen molar-refractivity contribution >= 4 is 17.5 Å². The molecule has 1 aliphatic heterocycles. The molecule has 4 heteroatoms. The summed E-state index contributed by atoms with van der Waals surface area (Å²) in [5.74, 6) is 0.0568. The second kappa shape index (κ2) is 4.90. The zero-order valence-corrected chi connectivity index (χ0v) is 11.4. The summed E-state index contributed by atoms with van der Waals surface area (Å²) in [5.41, 5.74) is 0.354. The average Bonchev–Trinajstić information content (AvgIpc) is 2.75. The van der Waals surface area contributed by atoms with Crippen molar-refractivity contribution in [1.82, 2.24) is 4.90 Å². The van der Waals surface area contributed by atoms with E-state index >= 15 is 0 Å². The molecule has 2 rings (SSSR count). The van der Waals surface area contributed by atoms with Crippen LogP contribution in [0.3, 0.4) is 0 Å². The van der Waals surface area contributed by atoms with Crippen molar-refractivity contribution in [3.05, 3.63) is 34.9 Å². The summed E-state index contributed by atoms with van der Waals surface area (Å²) in [6.07, 6.45) is 0.289. The van der Waals surface area contributed by atoms with Crippen LogP contribution < -0.4 is 0 Å². The van der Waals surface area contributed by atoms with Gasteiger partial charge in [-0.3, -0.25) is 4.79 Å². The van der Waals surface area contributed by atoms with Crippen LogP contribution in [0.2, 0.25) is 5.02 Å². The average molecular weight is 268 g/mol. The highest BCUT2D eigenvalue weighted by Gasteiger charge is 2.36. The van der Waals surface area contributed by atoms with Crippen LogP contribution in [-0.2, 0) is 10.2 Å². The molecule has 1 unspecified atom stereocenters. The lowest BCUT2D eigenvalue weighted by Gasteiger charge is -2.29. The minimum atomic E-state index is -0.589. The number of amides is 1. The number of hydrogen-bond acceptors (Lipinski definition) is 2. The van der Waals surface area contributed by atoms with Gasteiger partial charge in [0.15, 0.2) is 0 Å². The molecule has 0 aromatic heterocycles. The van der Waals surface area contributed by atoms with Crippen LogP contribution in [0.1, 0.15) is 25.8 Å². The second-order valence-corrected chi connectivity index (χ2v) is 5.76. The van der Waals surface area contributed by atoms with Gasteiger partial charge in [0.05, 0.1) is 11.5 Å². The molecule has 1 aromatic rings. The van der Waals surface area contributed by atoms with Crippen molar-refractivity contribution < 1.29 is 9.90 Å². The van der Waals surface area contributed by atoms with E-state index in [1.165, 1.54) is 0 Å². The van der Waals surface area contributed by atoms with Crippen molar-refractivity contribution in [1.29, 1.82) is 0 Å². The van der Waals surface area contributed by atoms with Crippen LogP contribution in [0.25, 0.3) is 0 Å². The van der Waals surface area contributed by atoms with E-state index in [4.69, 9.17) is 11.6 Å². The topological polar surface area (TPSA) is 40.5 Å². The van der Waals surface area contributed by atoms with Gasteiger partial charge in [-0.25, -0.2) is 0 Å². The van der Waals surface area contributed by atoms with Crippen molar-refractivity contribution in [2.45, 2.75) is 31.8 Å². The molecule has 98 valence electrons. The summed E-state index contributed by atoms with van der Waals surface area (Å²) in [6, 6.07) is 7.36. The fraction of sp³-hybridized carbons (Fsp3) is 0.500. The number of halogens is 1. The number of carbonyl (C=O) groups excluding carboxylic acids is 1. The van der Waals surface area contributed by atoms with Crippen LogP contribution in [0.4, 0.5) is 0 Å². The molecule has 0 aliphatic carbocycles. The summed E-state index contributed by atoms with van der Waals surface area (Å²) in [6.45, 7) is 4.89. The van der Waals surface area contributed by atoms with Gasteiger partial charge < -0.3 is 10.0 Å². The van der Waals surface area contributed by atoms with Gasteiger partial charge >= 0.3 is 0 Å². The van der Waals surface area contributed by atoms with Gasteiger partial charge in [0.25, 0.3) is 0 Å². The molecule has 1 amide bonds. The Morgan fingerprint density at radius 1 is 1.39 bits per heavy atom. The van der Waals surface area contributed by atoms with Crippen molar-refractivity contribution in [2.24, 2.45) is 0 Å². The maximum Gasteiger partial charge on any atom is 0.232 e. The molecule has 0 radical (unpaired) electrons. The molecular formula is C14H18ClNO2. The van der Waals surface area contributed by atoms with E-state index in [2.05, 4.69) is 0 Å². The maximum atomic E-state index is 12.5. The van der Waals surface area contributed by atoms with Gasteiger partial charge in [0.1, 0.15) is 0 Å². The predicted octanol–water partition coefficient (Wildman–Crippen LogP) is 2.21. The third-order valence-corrected chi connectivity index (χ3v) is 3.80. The Morgan fingerprint density at radius 3 is 2.50 bits per heavy atom. The Bertz CT molecular complexity index is 442. The molecule has 1 fully saturated rings. The number of rotatable bonds is 2. The maximum absolute atomic E-state index is 12.5. The first-order valence-electron chi connectivity index (χ1n) is 6.15. The molecule has 3 nitrogen and oxygen atoms in total. The van der Waals surface area contributed by atoms with Crippen molar-refractivity contribution in [2.75, 3.05) is 13.1 Å². The fourth-order valence-electron chi connectivity index (χ4n) is 2.31. The number of benzene rings is 1. The lowest BCUT2D eigenvalue weighted by atomic mass is 9.83. The first kappa shape index (κ1) is 13.4. The van der Waals surface area contributed by atoms with Crippen LogP contribution in [0.5, 0.6) is 0 Å². The highest BCUT2D eigenvalue weighted by Crippen LogP contribution is 2.28. The van der Waals surface area contributed by atoms with E-state index in [0.717, 1.165) is 5.56 Å². The van der Waals surface area contributed by atoms with Gasteiger partial charge in [0.2, 0.25) is 5.91 Å². The third kappa shape index (κ3) is 2.52. The lowest BCUT2D eigenvalue weighted by molar-refractivity contribution is -0.135.